The van der Waals surface area contributed by atoms with Crippen molar-refractivity contribution in [2.45, 2.75) is 0 Å². The van der Waals surface area contributed by atoms with Crippen LogP contribution >= 0.6 is 11.6 Å². The van der Waals surface area contributed by atoms with Crippen LogP contribution < -0.4 is 4.74 Å². The number of phenolic OH excluding ortho intramolecular Hbond substituents is 1. The second kappa shape index (κ2) is 4.77. The first-order valence-corrected chi connectivity index (χ1v) is 5.28. The number of phenols is 1. The van der Waals surface area contributed by atoms with Crippen LogP contribution in [0.3, 0.4) is 0 Å². The molecule has 100 valence electrons. The maximum atomic E-state index is 13.7. The van der Waals surface area contributed by atoms with E-state index in [-0.39, 0.29) is 22.0 Å². The normalized spacial score (nSPS) is 10.5. The van der Waals surface area contributed by atoms with Crippen LogP contribution in [0.5, 0.6) is 11.5 Å². The van der Waals surface area contributed by atoms with Gasteiger partial charge in [-0.05, 0) is 6.07 Å². The minimum absolute atomic E-state index is 0.0232. The predicted molar refractivity (Wildman–Crippen MR) is 62.1 cm³/mol. The summed E-state index contributed by atoms with van der Waals surface area (Å²) in [5.41, 5.74) is 0.0918. The van der Waals surface area contributed by atoms with E-state index >= 15 is 0 Å². The van der Waals surface area contributed by atoms with Gasteiger partial charge in [0.1, 0.15) is 5.69 Å². The second-order valence-electron chi connectivity index (χ2n) is 3.48. The molecule has 2 N–H and O–H groups in total. The zero-order valence-electron chi connectivity index (χ0n) is 9.48. The molecule has 8 heteroatoms. The van der Waals surface area contributed by atoms with Gasteiger partial charge in [-0.15, -0.1) is 0 Å². The van der Waals surface area contributed by atoms with E-state index < -0.39 is 23.3 Å². The molecule has 2 rings (SSSR count). The lowest BCUT2D eigenvalue weighted by Gasteiger charge is -2.09. The Bertz CT molecular complexity index is 655. The van der Waals surface area contributed by atoms with Crippen molar-refractivity contribution in [3.8, 4) is 22.8 Å². The van der Waals surface area contributed by atoms with Gasteiger partial charge < -0.3 is 19.5 Å². The summed E-state index contributed by atoms with van der Waals surface area (Å²) >= 11 is 5.65. The molecule has 1 aromatic heterocycles. The Morgan fingerprint density at radius 1 is 1.53 bits per heavy atom. The van der Waals surface area contributed by atoms with Crippen LogP contribution in [-0.4, -0.2) is 28.4 Å². The first-order chi connectivity index (χ1) is 8.95. The molecule has 0 unspecified atom stereocenters. The number of rotatable bonds is 3. The van der Waals surface area contributed by atoms with Crippen molar-refractivity contribution >= 4 is 17.6 Å². The minimum atomic E-state index is -1.32. The summed E-state index contributed by atoms with van der Waals surface area (Å²) in [6.45, 7) is 0. The van der Waals surface area contributed by atoms with E-state index in [1.807, 2.05) is 0 Å². The van der Waals surface area contributed by atoms with E-state index in [0.717, 1.165) is 6.07 Å². The third-order valence-corrected chi connectivity index (χ3v) is 2.64. The number of carboxylic acids is 1. The first-order valence-electron chi connectivity index (χ1n) is 4.91. The SMILES string of the molecule is COc1c(-c2cc(C(=O)O)on2)cc(Cl)c(O)c1F. The van der Waals surface area contributed by atoms with Gasteiger partial charge in [-0.2, -0.15) is 4.39 Å². The lowest BCUT2D eigenvalue weighted by molar-refractivity contribution is 0.0652. The molecule has 0 spiro atoms. The Hall–Kier alpha value is -2.28. The number of aromatic hydroxyl groups is 1. The first kappa shape index (κ1) is 13.2. The van der Waals surface area contributed by atoms with E-state index in [2.05, 4.69) is 9.68 Å². The molecule has 1 aromatic carbocycles. The fourth-order valence-corrected chi connectivity index (χ4v) is 1.68. The fourth-order valence-electron chi connectivity index (χ4n) is 1.48. The molecule has 2 aromatic rings. The molecule has 6 nitrogen and oxygen atoms in total. The standard InChI is InChI=1S/C11H7ClFNO5/c1-18-10-4(2-5(12)9(15)8(10)13)6-3-7(11(16)17)19-14-6/h2-3,15H,1H3,(H,16,17). The molecule has 0 radical (unpaired) electrons. The van der Waals surface area contributed by atoms with Gasteiger partial charge in [0.15, 0.2) is 11.5 Å². The van der Waals surface area contributed by atoms with E-state index in [4.69, 9.17) is 21.4 Å². The van der Waals surface area contributed by atoms with Gasteiger partial charge in [-0.3, -0.25) is 0 Å². The van der Waals surface area contributed by atoms with Crippen LogP contribution in [-0.2, 0) is 0 Å². The molecule has 0 aliphatic heterocycles. The van der Waals surface area contributed by atoms with E-state index in [1.165, 1.54) is 13.2 Å². The van der Waals surface area contributed by atoms with Crippen molar-refractivity contribution < 1.29 is 28.7 Å². The quantitative estimate of drug-likeness (QED) is 0.901. The Morgan fingerprint density at radius 3 is 2.74 bits per heavy atom. The zero-order valence-corrected chi connectivity index (χ0v) is 10.2. The number of benzene rings is 1. The molecular formula is C11H7ClFNO5. The monoisotopic (exact) mass is 287 g/mol. The molecule has 0 saturated carbocycles. The van der Waals surface area contributed by atoms with Crippen molar-refractivity contribution in [1.82, 2.24) is 5.16 Å². The Kier molecular flexibility index (Phi) is 3.30. The van der Waals surface area contributed by atoms with E-state index in [9.17, 15) is 14.3 Å². The predicted octanol–water partition coefficient (Wildman–Crippen LogP) is 2.55. The molecule has 0 saturated heterocycles. The minimum Gasteiger partial charge on any atom is -0.504 e. The van der Waals surface area contributed by atoms with Crippen LogP contribution in [0.4, 0.5) is 4.39 Å². The number of hydrogen-bond acceptors (Lipinski definition) is 5. The number of hydrogen-bond donors (Lipinski definition) is 2. The maximum Gasteiger partial charge on any atom is 0.374 e. The lowest BCUT2D eigenvalue weighted by Crippen LogP contribution is -1.94. The molecule has 19 heavy (non-hydrogen) atoms. The number of methoxy groups -OCH3 is 1. The Labute approximate surface area is 111 Å². The third-order valence-electron chi connectivity index (χ3n) is 2.35. The highest BCUT2D eigenvalue weighted by atomic mass is 35.5. The number of aromatic nitrogens is 1. The summed E-state index contributed by atoms with van der Waals surface area (Å²) in [6.07, 6.45) is 0. The lowest BCUT2D eigenvalue weighted by atomic mass is 10.1. The summed E-state index contributed by atoms with van der Waals surface area (Å²) in [5, 5.41) is 21.3. The average molecular weight is 288 g/mol. The highest BCUT2D eigenvalue weighted by molar-refractivity contribution is 6.32. The Morgan fingerprint density at radius 2 is 2.21 bits per heavy atom. The topological polar surface area (TPSA) is 92.8 Å². The largest absolute Gasteiger partial charge is 0.504 e. The van der Waals surface area contributed by atoms with Gasteiger partial charge in [0.05, 0.1) is 17.7 Å². The van der Waals surface area contributed by atoms with Crippen molar-refractivity contribution in [3.05, 3.63) is 28.7 Å². The molecule has 0 fully saturated rings. The van der Waals surface area contributed by atoms with Crippen molar-refractivity contribution in [1.29, 1.82) is 0 Å². The number of carbonyl (C=O) groups is 1. The van der Waals surface area contributed by atoms with Gasteiger partial charge in [-0.1, -0.05) is 16.8 Å². The summed E-state index contributed by atoms with van der Waals surface area (Å²) in [5.74, 6) is -3.87. The second-order valence-corrected chi connectivity index (χ2v) is 3.89. The maximum absolute atomic E-state index is 13.7. The molecular weight excluding hydrogens is 281 g/mol. The van der Waals surface area contributed by atoms with Gasteiger partial charge in [0.2, 0.25) is 11.6 Å². The summed E-state index contributed by atoms with van der Waals surface area (Å²) in [7, 11) is 1.19. The van der Waals surface area contributed by atoms with Crippen LogP contribution in [0.25, 0.3) is 11.3 Å². The smallest absolute Gasteiger partial charge is 0.374 e. The van der Waals surface area contributed by atoms with Crippen LogP contribution in [0.1, 0.15) is 10.6 Å². The van der Waals surface area contributed by atoms with E-state index in [0.29, 0.717) is 0 Å². The number of nitrogens with zero attached hydrogens (tertiary/aromatic N) is 1. The van der Waals surface area contributed by atoms with Gasteiger partial charge in [-0.25, -0.2) is 4.79 Å². The van der Waals surface area contributed by atoms with Crippen molar-refractivity contribution in [3.63, 3.8) is 0 Å². The highest BCUT2D eigenvalue weighted by Crippen LogP contribution is 2.40. The molecule has 1 heterocycles. The Balaban J connectivity index is 2.63. The van der Waals surface area contributed by atoms with Gasteiger partial charge in [0.25, 0.3) is 0 Å². The number of ether oxygens (including phenoxy) is 1. The molecule has 0 atom stereocenters. The third kappa shape index (κ3) is 2.19. The van der Waals surface area contributed by atoms with Crippen molar-refractivity contribution in [2.24, 2.45) is 0 Å². The van der Waals surface area contributed by atoms with Gasteiger partial charge in [0, 0.05) is 6.07 Å². The molecule has 0 amide bonds. The van der Waals surface area contributed by atoms with Crippen LogP contribution in [0.2, 0.25) is 5.02 Å². The summed E-state index contributed by atoms with van der Waals surface area (Å²) in [6, 6.07) is 2.29. The zero-order chi connectivity index (χ0) is 14.2. The number of aromatic carboxylic acids is 1. The van der Waals surface area contributed by atoms with Crippen molar-refractivity contribution in [2.75, 3.05) is 7.11 Å². The fraction of sp³-hybridized carbons (Fsp3) is 0.0909. The van der Waals surface area contributed by atoms with Gasteiger partial charge >= 0.3 is 5.97 Å². The molecule has 0 aliphatic rings. The number of carboxylic acid groups (broad SMARTS) is 1. The summed E-state index contributed by atoms with van der Waals surface area (Å²) < 4.78 is 23.1. The molecule has 0 bridgehead atoms. The highest BCUT2D eigenvalue weighted by Gasteiger charge is 2.22. The van der Waals surface area contributed by atoms with Crippen LogP contribution in [0, 0.1) is 5.82 Å². The van der Waals surface area contributed by atoms with Crippen LogP contribution in [0.15, 0.2) is 16.7 Å². The molecule has 0 aliphatic carbocycles. The van der Waals surface area contributed by atoms with E-state index in [1.54, 1.807) is 0 Å². The number of halogens is 2. The summed E-state index contributed by atoms with van der Waals surface area (Å²) in [4.78, 5) is 10.7. The average Bonchev–Trinajstić information content (AvgIpc) is 2.85.